The van der Waals surface area contributed by atoms with E-state index in [1.165, 1.54) is 0 Å². The Labute approximate surface area is 90.0 Å². The molecule has 2 heterocycles. The Balaban J connectivity index is 2.14. The molecule has 1 atom stereocenters. The van der Waals surface area contributed by atoms with Crippen molar-refractivity contribution in [2.45, 2.75) is 12.0 Å². The van der Waals surface area contributed by atoms with Crippen molar-refractivity contribution < 1.29 is 9.90 Å². The Hall–Kier alpha value is -0.650. The van der Waals surface area contributed by atoms with E-state index >= 15 is 0 Å². The molecule has 2 aliphatic heterocycles. The number of hydrogen-bond donors (Lipinski definition) is 2. The van der Waals surface area contributed by atoms with Crippen LogP contribution in [0.15, 0.2) is 0 Å². The summed E-state index contributed by atoms with van der Waals surface area (Å²) in [5, 5.41) is 12.7. The van der Waals surface area contributed by atoms with Gasteiger partial charge in [0, 0.05) is 39.3 Å². The molecule has 0 saturated carbocycles. The Morgan fingerprint density at radius 3 is 2.47 bits per heavy atom. The van der Waals surface area contributed by atoms with Crippen molar-refractivity contribution >= 4 is 5.97 Å². The van der Waals surface area contributed by atoms with Crippen molar-refractivity contribution in [3.8, 4) is 0 Å². The predicted octanol–water partition coefficient (Wildman–Crippen LogP) is -0.949. The van der Waals surface area contributed by atoms with Crippen molar-refractivity contribution in [2.24, 2.45) is 0 Å². The summed E-state index contributed by atoms with van der Waals surface area (Å²) < 4.78 is 0. The average molecular weight is 213 g/mol. The minimum Gasteiger partial charge on any atom is -0.480 e. The molecular formula is C10H19N3O2. The van der Waals surface area contributed by atoms with Crippen LogP contribution in [0.2, 0.25) is 0 Å². The van der Waals surface area contributed by atoms with E-state index in [2.05, 4.69) is 15.1 Å². The maximum atomic E-state index is 11.5. The summed E-state index contributed by atoms with van der Waals surface area (Å²) in [5.74, 6) is -0.659. The van der Waals surface area contributed by atoms with E-state index in [-0.39, 0.29) is 0 Å². The summed E-state index contributed by atoms with van der Waals surface area (Å²) in [6.45, 7) is 5.04. The fourth-order valence-electron chi connectivity index (χ4n) is 2.64. The first-order valence-corrected chi connectivity index (χ1v) is 5.53. The third-order valence-corrected chi connectivity index (χ3v) is 3.56. The van der Waals surface area contributed by atoms with Gasteiger partial charge in [0.25, 0.3) is 0 Å². The van der Waals surface area contributed by atoms with Gasteiger partial charge in [0.2, 0.25) is 0 Å². The zero-order valence-electron chi connectivity index (χ0n) is 9.20. The van der Waals surface area contributed by atoms with Crippen molar-refractivity contribution in [1.29, 1.82) is 0 Å². The number of nitrogens with one attached hydrogen (secondary N) is 1. The van der Waals surface area contributed by atoms with E-state index in [0.717, 1.165) is 39.1 Å². The van der Waals surface area contributed by atoms with E-state index in [4.69, 9.17) is 0 Å². The van der Waals surface area contributed by atoms with Crippen LogP contribution in [0.1, 0.15) is 6.42 Å². The third kappa shape index (κ3) is 1.87. The van der Waals surface area contributed by atoms with E-state index in [1.807, 2.05) is 7.05 Å². The standard InChI is InChI=1S/C10H19N3O2/c1-12-5-2-10(8-12,9(14)15)13-6-3-11-4-7-13/h11H,2-8H2,1H3,(H,14,15). The number of carboxylic acid groups (broad SMARTS) is 1. The first-order chi connectivity index (χ1) is 7.15. The second-order valence-corrected chi connectivity index (χ2v) is 4.56. The lowest BCUT2D eigenvalue weighted by Gasteiger charge is -2.40. The van der Waals surface area contributed by atoms with Crippen LogP contribution in [-0.2, 0) is 4.79 Å². The second-order valence-electron chi connectivity index (χ2n) is 4.56. The van der Waals surface area contributed by atoms with E-state index in [1.54, 1.807) is 0 Å². The second kappa shape index (κ2) is 4.08. The molecule has 2 aliphatic rings. The Bertz CT molecular complexity index is 253. The largest absolute Gasteiger partial charge is 0.480 e. The number of nitrogens with zero attached hydrogens (tertiary/aromatic N) is 2. The van der Waals surface area contributed by atoms with Crippen molar-refractivity contribution in [3.05, 3.63) is 0 Å². The Morgan fingerprint density at radius 2 is 2.00 bits per heavy atom. The minimum absolute atomic E-state index is 0.628. The molecule has 0 aromatic carbocycles. The molecule has 2 fully saturated rings. The highest BCUT2D eigenvalue weighted by Gasteiger charge is 2.48. The van der Waals surface area contributed by atoms with Gasteiger partial charge in [-0.25, -0.2) is 0 Å². The lowest BCUT2D eigenvalue weighted by atomic mass is 9.95. The number of piperazine rings is 1. The number of hydrogen-bond acceptors (Lipinski definition) is 4. The van der Waals surface area contributed by atoms with Gasteiger partial charge in [0.15, 0.2) is 0 Å². The molecule has 0 bridgehead atoms. The Kier molecular flexibility index (Phi) is 2.95. The minimum atomic E-state index is -0.659. The molecule has 1 unspecified atom stereocenters. The molecule has 86 valence electrons. The zero-order valence-corrected chi connectivity index (χ0v) is 9.20. The van der Waals surface area contributed by atoms with Gasteiger partial charge in [-0.1, -0.05) is 0 Å². The van der Waals surface area contributed by atoms with E-state index < -0.39 is 11.5 Å². The van der Waals surface area contributed by atoms with Gasteiger partial charge in [-0.3, -0.25) is 9.69 Å². The highest BCUT2D eigenvalue weighted by molar-refractivity contribution is 5.79. The summed E-state index contributed by atoms with van der Waals surface area (Å²) in [7, 11) is 1.99. The lowest BCUT2D eigenvalue weighted by molar-refractivity contribution is -0.151. The molecule has 0 aliphatic carbocycles. The fraction of sp³-hybridized carbons (Fsp3) is 0.900. The highest BCUT2D eigenvalue weighted by Crippen LogP contribution is 2.27. The smallest absolute Gasteiger partial charge is 0.325 e. The van der Waals surface area contributed by atoms with Crippen LogP contribution in [0.3, 0.4) is 0 Å². The summed E-state index contributed by atoms with van der Waals surface area (Å²) in [6.07, 6.45) is 0.749. The summed E-state index contributed by atoms with van der Waals surface area (Å²) in [4.78, 5) is 15.7. The van der Waals surface area contributed by atoms with Gasteiger partial charge in [0.1, 0.15) is 5.54 Å². The molecule has 0 radical (unpaired) electrons. The maximum Gasteiger partial charge on any atom is 0.325 e. The quantitative estimate of drug-likeness (QED) is 0.619. The molecule has 0 amide bonds. The topological polar surface area (TPSA) is 55.8 Å². The number of likely N-dealkylation sites (tertiary alicyclic amines) is 1. The normalized spacial score (nSPS) is 34.5. The number of likely N-dealkylation sites (N-methyl/N-ethyl adjacent to an activating group) is 1. The van der Waals surface area contributed by atoms with Crippen LogP contribution in [0.5, 0.6) is 0 Å². The number of carboxylic acids is 1. The van der Waals surface area contributed by atoms with Gasteiger partial charge in [0.05, 0.1) is 0 Å². The maximum absolute atomic E-state index is 11.5. The van der Waals surface area contributed by atoms with Gasteiger partial charge in [-0.2, -0.15) is 0 Å². The van der Waals surface area contributed by atoms with Crippen LogP contribution in [-0.4, -0.2) is 72.7 Å². The van der Waals surface area contributed by atoms with Gasteiger partial charge in [-0.15, -0.1) is 0 Å². The molecule has 15 heavy (non-hydrogen) atoms. The zero-order chi connectivity index (χ0) is 10.9. The molecule has 0 aromatic rings. The van der Waals surface area contributed by atoms with Gasteiger partial charge >= 0.3 is 5.97 Å². The molecule has 5 heteroatoms. The monoisotopic (exact) mass is 213 g/mol. The average Bonchev–Trinajstić information content (AvgIpc) is 2.63. The van der Waals surface area contributed by atoms with Crippen LogP contribution in [0.25, 0.3) is 0 Å². The number of aliphatic carboxylic acids is 1. The Morgan fingerprint density at radius 1 is 1.33 bits per heavy atom. The molecule has 2 saturated heterocycles. The van der Waals surface area contributed by atoms with Crippen molar-refractivity contribution in [1.82, 2.24) is 15.1 Å². The van der Waals surface area contributed by atoms with Gasteiger partial charge in [-0.05, 0) is 13.5 Å². The third-order valence-electron chi connectivity index (χ3n) is 3.56. The van der Waals surface area contributed by atoms with Crippen LogP contribution in [0.4, 0.5) is 0 Å². The molecule has 0 spiro atoms. The molecule has 0 aromatic heterocycles. The molecule has 2 N–H and O–H groups in total. The van der Waals surface area contributed by atoms with Gasteiger partial charge < -0.3 is 15.3 Å². The SMILES string of the molecule is CN1CCC(C(=O)O)(N2CCNCC2)C1. The van der Waals surface area contributed by atoms with E-state index in [9.17, 15) is 9.90 Å². The molecule has 2 rings (SSSR count). The summed E-state index contributed by atoms with van der Waals surface area (Å²) in [5.41, 5.74) is -0.628. The number of carbonyl (C=O) groups is 1. The first kappa shape index (κ1) is 10.9. The highest BCUT2D eigenvalue weighted by atomic mass is 16.4. The predicted molar refractivity (Wildman–Crippen MR) is 56.9 cm³/mol. The molecule has 5 nitrogen and oxygen atoms in total. The van der Waals surface area contributed by atoms with Crippen molar-refractivity contribution in [2.75, 3.05) is 46.3 Å². The number of rotatable bonds is 2. The summed E-state index contributed by atoms with van der Waals surface area (Å²) >= 11 is 0. The van der Waals surface area contributed by atoms with Crippen LogP contribution < -0.4 is 5.32 Å². The van der Waals surface area contributed by atoms with Crippen molar-refractivity contribution in [3.63, 3.8) is 0 Å². The van der Waals surface area contributed by atoms with Crippen LogP contribution >= 0.6 is 0 Å². The first-order valence-electron chi connectivity index (χ1n) is 5.53. The molecular weight excluding hydrogens is 194 g/mol. The fourth-order valence-corrected chi connectivity index (χ4v) is 2.64. The summed E-state index contributed by atoms with van der Waals surface area (Å²) in [6, 6.07) is 0. The lowest BCUT2D eigenvalue weighted by Crippen LogP contribution is -2.61. The van der Waals surface area contributed by atoms with Crippen LogP contribution in [0, 0.1) is 0 Å². The van der Waals surface area contributed by atoms with E-state index in [0.29, 0.717) is 6.54 Å².